The molecule has 0 saturated heterocycles. The fraction of sp³-hybridized carbons (Fsp3) is 0.923. The Kier molecular flexibility index (Phi) is 6.31. The van der Waals surface area contributed by atoms with E-state index in [9.17, 15) is 0 Å². The molecule has 0 N–H and O–H groups in total. The highest BCUT2D eigenvalue weighted by Crippen LogP contribution is 2.26. The summed E-state index contributed by atoms with van der Waals surface area (Å²) in [6.07, 6.45) is 16.0. The van der Waals surface area contributed by atoms with E-state index in [2.05, 4.69) is 6.92 Å². The van der Waals surface area contributed by atoms with Gasteiger partial charge in [0, 0.05) is 0 Å². The van der Waals surface area contributed by atoms with E-state index in [4.69, 9.17) is 0 Å². The van der Waals surface area contributed by atoms with Gasteiger partial charge in [0.05, 0.1) is 0 Å². The quantitative estimate of drug-likeness (QED) is 0.569. The molecule has 1 aliphatic rings. The summed E-state index contributed by atoms with van der Waals surface area (Å²) in [5.41, 5.74) is 0. The van der Waals surface area contributed by atoms with Gasteiger partial charge in [-0.05, 0) is 25.2 Å². The van der Waals surface area contributed by atoms with Gasteiger partial charge in [-0.15, -0.1) is 0 Å². The van der Waals surface area contributed by atoms with Gasteiger partial charge in [0.1, 0.15) is 0 Å². The Balaban J connectivity index is 2.18. The predicted octanol–water partition coefficient (Wildman–Crippen LogP) is 4.89. The number of rotatable bonds is 2. The van der Waals surface area contributed by atoms with Gasteiger partial charge in [0.25, 0.3) is 0 Å². The summed E-state index contributed by atoms with van der Waals surface area (Å²) in [5, 5.41) is 0. The minimum Gasteiger partial charge on any atom is -0.0654 e. The first-order valence-electron chi connectivity index (χ1n) is 6.27. The summed E-state index contributed by atoms with van der Waals surface area (Å²) in [7, 11) is 0. The number of hydrogen-bond donors (Lipinski definition) is 0. The lowest BCUT2D eigenvalue weighted by molar-refractivity contribution is 0.503. The Morgan fingerprint density at radius 2 is 1.23 bits per heavy atom. The second-order valence-corrected chi connectivity index (χ2v) is 4.47. The van der Waals surface area contributed by atoms with E-state index in [1.165, 1.54) is 70.6 Å². The SMILES string of the molecule is CCC[C]1CCCCCCCCC1. The van der Waals surface area contributed by atoms with Crippen molar-refractivity contribution in [1.82, 2.24) is 0 Å². The number of hydrogen-bond acceptors (Lipinski definition) is 0. The minimum absolute atomic E-state index is 1.36. The van der Waals surface area contributed by atoms with Crippen molar-refractivity contribution < 1.29 is 0 Å². The summed E-state index contributed by atoms with van der Waals surface area (Å²) >= 11 is 0. The third-order valence-electron chi connectivity index (χ3n) is 3.16. The zero-order chi connectivity index (χ0) is 9.36. The maximum Gasteiger partial charge on any atom is -0.0241 e. The third kappa shape index (κ3) is 5.33. The molecule has 0 aromatic heterocycles. The van der Waals surface area contributed by atoms with E-state index in [0.717, 1.165) is 0 Å². The summed E-state index contributed by atoms with van der Waals surface area (Å²) in [6, 6.07) is 0. The summed E-state index contributed by atoms with van der Waals surface area (Å²) in [5.74, 6) is 1.87. The molecule has 0 unspecified atom stereocenters. The largest absolute Gasteiger partial charge is 0.0654 e. The van der Waals surface area contributed by atoms with Gasteiger partial charge in [-0.2, -0.15) is 0 Å². The van der Waals surface area contributed by atoms with Crippen molar-refractivity contribution in [3.63, 3.8) is 0 Å². The lowest BCUT2D eigenvalue weighted by Crippen LogP contribution is -1.99. The average molecular weight is 181 g/mol. The van der Waals surface area contributed by atoms with Crippen molar-refractivity contribution in [2.24, 2.45) is 0 Å². The van der Waals surface area contributed by atoms with Crippen molar-refractivity contribution >= 4 is 0 Å². The Labute approximate surface area is 84.1 Å². The van der Waals surface area contributed by atoms with E-state index >= 15 is 0 Å². The molecule has 0 aromatic rings. The molecule has 1 rings (SSSR count). The molecule has 0 heterocycles. The highest BCUT2D eigenvalue weighted by atomic mass is 14.1. The van der Waals surface area contributed by atoms with Gasteiger partial charge in [0.2, 0.25) is 0 Å². The average Bonchev–Trinajstić information content (AvgIpc) is 2.16. The maximum absolute atomic E-state index is 2.31. The zero-order valence-corrected chi connectivity index (χ0v) is 9.28. The van der Waals surface area contributed by atoms with Crippen LogP contribution in [0.5, 0.6) is 0 Å². The molecule has 0 spiro atoms. The smallest absolute Gasteiger partial charge is 0.0241 e. The maximum atomic E-state index is 2.31. The molecule has 13 heavy (non-hydrogen) atoms. The van der Waals surface area contributed by atoms with Gasteiger partial charge < -0.3 is 0 Å². The molecule has 0 heteroatoms. The fourth-order valence-electron chi connectivity index (χ4n) is 2.36. The van der Waals surface area contributed by atoms with Crippen LogP contribution in [0, 0.1) is 5.92 Å². The van der Waals surface area contributed by atoms with Crippen molar-refractivity contribution in [2.75, 3.05) is 0 Å². The molecule has 1 saturated carbocycles. The van der Waals surface area contributed by atoms with E-state index in [1.807, 2.05) is 5.92 Å². The zero-order valence-electron chi connectivity index (χ0n) is 9.28. The molecule has 0 nitrogen and oxygen atoms in total. The monoisotopic (exact) mass is 181 g/mol. The van der Waals surface area contributed by atoms with Crippen LogP contribution in [0.25, 0.3) is 0 Å². The van der Waals surface area contributed by atoms with Crippen LogP contribution in [-0.4, -0.2) is 0 Å². The fourth-order valence-corrected chi connectivity index (χ4v) is 2.36. The van der Waals surface area contributed by atoms with Crippen LogP contribution < -0.4 is 0 Å². The van der Waals surface area contributed by atoms with Gasteiger partial charge in [-0.25, -0.2) is 0 Å². The predicted molar refractivity (Wildman–Crippen MR) is 59.7 cm³/mol. The molecular formula is C13H25. The van der Waals surface area contributed by atoms with Crippen LogP contribution in [0.15, 0.2) is 0 Å². The summed E-state index contributed by atoms with van der Waals surface area (Å²) in [6.45, 7) is 2.31. The summed E-state index contributed by atoms with van der Waals surface area (Å²) in [4.78, 5) is 0. The van der Waals surface area contributed by atoms with Crippen molar-refractivity contribution in [3.8, 4) is 0 Å². The van der Waals surface area contributed by atoms with Gasteiger partial charge in [-0.3, -0.25) is 0 Å². The molecule has 0 aromatic carbocycles. The normalized spacial score (nSPS) is 22.8. The Morgan fingerprint density at radius 3 is 1.69 bits per heavy atom. The Bertz CT molecular complexity index is 96.6. The molecule has 77 valence electrons. The lowest BCUT2D eigenvalue weighted by atomic mass is 9.89. The van der Waals surface area contributed by atoms with E-state index in [0.29, 0.717) is 0 Å². The third-order valence-corrected chi connectivity index (χ3v) is 3.16. The minimum atomic E-state index is 1.36. The van der Waals surface area contributed by atoms with E-state index in [1.54, 1.807) is 0 Å². The first-order chi connectivity index (χ1) is 6.43. The molecule has 1 radical (unpaired) electrons. The van der Waals surface area contributed by atoms with Crippen LogP contribution in [0.3, 0.4) is 0 Å². The molecule has 0 bridgehead atoms. The van der Waals surface area contributed by atoms with Crippen LogP contribution >= 0.6 is 0 Å². The van der Waals surface area contributed by atoms with E-state index in [-0.39, 0.29) is 0 Å². The second kappa shape index (κ2) is 7.41. The Morgan fingerprint density at radius 1 is 0.769 bits per heavy atom. The highest BCUT2D eigenvalue weighted by molar-refractivity contribution is 4.88. The molecule has 1 fully saturated rings. The van der Waals surface area contributed by atoms with Gasteiger partial charge in [0.15, 0.2) is 0 Å². The topological polar surface area (TPSA) is 0 Å². The van der Waals surface area contributed by atoms with E-state index < -0.39 is 0 Å². The van der Waals surface area contributed by atoms with Crippen LogP contribution in [0.1, 0.15) is 77.6 Å². The van der Waals surface area contributed by atoms with Crippen LogP contribution in [0.2, 0.25) is 0 Å². The molecule has 1 aliphatic carbocycles. The van der Waals surface area contributed by atoms with Crippen molar-refractivity contribution in [3.05, 3.63) is 5.92 Å². The first-order valence-corrected chi connectivity index (χ1v) is 6.27. The molecular weight excluding hydrogens is 156 g/mol. The molecule has 0 atom stereocenters. The summed E-state index contributed by atoms with van der Waals surface area (Å²) < 4.78 is 0. The lowest BCUT2D eigenvalue weighted by Gasteiger charge is -2.16. The Hall–Kier alpha value is 0. The van der Waals surface area contributed by atoms with Crippen molar-refractivity contribution in [2.45, 2.75) is 77.6 Å². The second-order valence-electron chi connectivity index (χ2n) is 4.47. The standard InChI is InChI=1S/C13H25/c1-2-10-13-11-8-6-4-3-5-7-9-12-13/h2-12H2,1H3. The van der Waals surface area contributed by atoms with Crippen molar-refractivity contribution in [1.29, 1.82) is 0 Å². The first kappa shape index (κ1) is 11.1. The van der Waals surface area contributed by atoms with Crippen LogP contribution in [-0.2, 0) is 0 Å². The molecule has 0 aliphatic heterocycles. The highest BCUT2D eigenvalue weighted by Gasteiger charge is 2.08. The molecule has 0 amide bonds. The van der Waals surface area contributed by atoms with Gasteiger partial charge >= 0.3 is 0 Å². The van der Waals surface area contributed by atoms with Crippen LogP contribution in [0.4, 0.5) is 0 Å². The van der Waals surface area contributed by atoms with Gasteiger partial charge in [-0.1, -0.05) is 58.3 Å².